The smallest absolute Gasteiger partial charge is 0.132 e. The van der Waals surface area contributed by atoms with Crippen LogP contribution in [0.25, 0.3) is 0 Å². The molecule has 0 spiro atoms. The third-order valence-corrected chi connectivity index (χ3v) is 9.62. The maximum absolute atomic E-state index is 15.1. The topological polar surface area (TPSA) is 0 Å². The molecular weight excluding hydrogens is 362 g/mol. The van der Waals surface area contributed by atoms with Crippen molar-refractivity contribution in [2.24, 2.45) is 0 Å². The van der Waals surface area contributed by atoms with E-state index < -0.39 is 7.26 Å². The molecule has 0 nitrogen and oxygen atoms in total. The Morgan fingerprint density at radius 3 is 1.43 bits per heavy atom. The van der Waals surface area contributed by atoms with Crippen LogP contribution in [0.1, 0.15) is 11.1 Å². The van der Waals surface area contributed by atoms with Gasteiger partial charge in [0.1, 0.15) is 35.2 Å². The van der Waals surface area contributed by atoms with E-state index >= 15 is 4.39 Å². The minimum atomic E-state index is -2.06. The third kappa shape index (κ3) is 3.39. The van der Waals surface area contributed by atoms with Crippen LogP contribution < -0.4 is 15.9 Å². The summed E-state index contributed by atoms with van der Waals surface area (Å²) in [4.78, 5) is 0. The van der Waals surface area contributed by atoms with E-state index in [-0.39, 0.29) is 5.82 Å². The van der Waals surface area contributed by atoms with Crippen molar-refractivity contribution >= 4 is 23.2 Å². The summed E-state index contributed by atoms with van der Waals surface area (Å²) in [5.41, 5.74) is 1.48. The van der Waals surface area contributed by atoms with Gasteiger partial charge in [0.2, 0.25) is 0 Å². The second-order valence-corrected chi connectivity index (χ2v) is 10.5. The predicted octanol–water partition coefficient (Wildman–Crippen LogP) is 5.63. The molecule has 4 aromatic rings. The monoisotopic (exact) mass is 385 g/mol. The highest BCUT2D eigenvalue weighted by molar-refractivity contribution is 7.95. The van der Waals surface area contributed by atoms with Gasteiger partial charge in [0, 0.05) is 5.56 Å². The molecule has 0 bridgehead atoms. The Labute approximate surface area is 167 Å². The Morgan fingerprint density at radius 1 is 0.571 bits per heavy atom. The lowest BCUT2D eigenvalue weighted by molar-refractivity contribution is 0.608. The first-order valence-electron chi connectivity index (χ1n) is 9.51. The molecule has 138 valence electrons. The molecule has 0 atom stereocenters. The minimum absolute atomic E-state index is 0.0883. The van der Waals surface area contributed by atoms with Crippen LogP contribution >= 0.6 is 7.26 Å². The van der Waals surface area contributed by atoms with Crippen molar-refractivity contribution in [3.8, 4) is 0 Å². The highest BCUT2D eigenvalue weighted by Crippen LogP contribution is 2.58. The van der Waals surface area contributed by atoms with Gasteiger partial charge in [-0.25, -0.2) is 4.39 Å². The largest absolute Gasteiger partial charge is 0.206 e. The van der Waals surface area contributed by atoms with Crippen molar-refractivity contribution in [2.75, 3.05) is 0 Å². The van der Waals surface area contributed by atoms with E-state index in [2.05, 4.69) is 72.8 Å². The van der Waals surface area contributed by atoms with Crippen LogP contribution in [0.3, 0.4) is 0 Å². The summed E-state index contributed by atoms with van der Waals surface area (Å²) in [6, 6.07) is 37.6. The lowest BCUT2D eigenvalue weighted by atomic mass is 10.1. The van der Waals surface area contributed by atoms with Gasteiger partial charge in [-0.1, -0.05) is 72.8 Å². The van der Waals surface area contributed by atoms with Crippen molar-refractivity contribution < 1.29 is 4.39 Å². The van der Waals surface area contributed by atoms with Crippen LogP contribution in [0.4, 0.5) is 4.39 Å². The zero-order chi connectivity index (χ0) is 19.4. The fourth-order valence-corrected chi connectivity index (χ4v) is 8.10. The maximum atomic E-state index is 15.1. The van der Waals surface area contributed by atoms with Crippen molar-refractivity contribution in [2.45, 2.75) is 13.1 Å². The van der Waals surface area contributed by atoms with E-state index in [0.717, 1.165) is 5.56 Å². The average Bonchev–Trinajstić information content (AvgIpc) is 2.77. The van der Waals surface area contributed by atoms with E-state index in [1.165, 1.54) is 15.9 Å². The molecule has 0 N–H and O–H groups in total. The molecule has 0 aliphatic heterocycles. The molecule has 0 saturated carbocycles. The molecular formula is C26H23FP+. The van der Waals surface area contributed by atoms with Crippen LogP contribution in [0.2, 0.25) is 0 Å². The van der Waals surface area contributed by atoms with Gasteiger partial charge in [0.25, 0.3) is 0 Å². The Bertz CT molecular complexity index is 947. The Hall–Kier alpha value is -2.76. The van der Waals surface area contributed by atoms with Gasteiger partial charge in [-0.15, -0.1) is 0 Å². The molecule has 28 heavy (non-hydrogen) atoms. The summed E-state index contributed by atoms with van der Waals surface area (Å²) in [5, 5.41) is 3.81. The zero-order valence-electron chi connectivity index (χ0n) is 15.9. The molecule has 0 radical (unpaired) electrons. The van der Waals surface area contributed by atoms with Crippen LogP contribution in [0, 0.1) is 12.7 Å². The molecule has 0 fully saturated rings. The van der Waals surface area contributed by atoms with Crippen LogP contribution in [-0.4, -0.2) is 0 Å². The van der Waals surface area contributed by atoms with E-state index in [9.17, 15) is 0 Å². The SMILES string of the molecule is Cc1cccc(C[P+](c2ccccc2)(c2ccccc2)c2ccccc2)c1F. The van der Waals surface area contributed by atoms with E-state index in [0.29, 0.717) is 11.7 Å². The summed E-state index contributed by atoms with van der Waals surface area (Å²) < 4.78 is 15.1. The molecule has 0 heterocycles. The first-order chi connectivity index (χ1) is 13.7. The summed E-state index contributed by atoms with van der Waals surface area (Å²) in [5.74, 6) is -0.0883. The second kappa shape index (κ2) is 8.09. The van der Waals surface area contributed by atoms with Gasteiger partial charge in [-0.3, -0.25) is 0 Å². The van der Waals surface area contributed by atoms with Crippen LogP contribution in [0.15, 0.2) is 109 Å². The van der Waals surface area contributed by atoms with Gasteiger partial charge in [-0.05, 0) is 48.9 Å². The molecule has 2 heteroatoms. The fourth-order valence-electron chi connectivity index (χ4n) is 3.85. The van der Waals surface area contributed by atoms with Crippen molar-refractivity contribution in [1.29, 1.82) is 0 Å². The number of rotatable bonds is 5. The summed E-state index contributed by atoms with van der Waals surface area (Å²) >= 11 is 0. The molecule has 0 aliphatic rings. The number of hydrogen-bond acceptors (Lipinski definition) is 0. The normalized spacial score (nSPS) is 11.4. The molecule has 4 aromatic carbocycles. The van der Waals surface area contributed by atoms with Gasteiger partial charge in [-0.2, -0.15) is 0 Å². The Morgan fingerprint density at radius 2 is 1.00 bits per heavy atom. The summed E-state index contributed by atoms with van der Waals surface area (Å²) in [6.07, 6.45) is 0.665. The molecule has 4 rings (SSSR count). The van der Waals surface area contributed by atoms with Crippen molar-refractivity contribution in [3.05, 3.63) is 126 Å². The molecule has 0 amide bonds. The van der Waals surface area contributed by atoms with Crippen LogP contribution in [-0.2, 0) is 6.16 Å². The zero-order valence-corrected chi connectivity index (χ0v) is 16.8. The van der Waals surface area contributed by atoms with Gasteiger partial charge >= 0.3 is 0 Å². The van der Waals surface area contributed by atoms with Crippen LogP contribution in [0.5, 0.6) is 0 Å². The summed E-state index contributed by atoms with van der Waals surface area (Å²) in [7, 11) is -2.06. The first kappa shape index (κ1) is 18.6. The number of benzene rings is 4. The minimum Gasteiger partial charge on any atom is -0.206 e. The van der Waals surface area contributed by atoms with E-state index in [1.54, 1.807) is 0 Å². The quantitative estimate of drug-likeness (QED) is 0.391. The molecule has 0 aliphatic carbocycles. The van der Waals surface area contributed by atoms with E-state index in [4.69, 9.17) is 0 Å². The lowest BCUT2D eigenvalue weighted by Crippen LogP contribution is -2.32. The number of aryl methyl sites for hydroxylation is 1. The second-order valence-electron chi connectivity index (χ2n) is 7.02. The predicted molar refractivity (Wildman–Crippen MR) is 120 cm³/mol. The standard InChI is InChI=1S/C26H23FP/c1-21-12-11-13-22(26(21)27)20-28(23-14-5-2-6-15-23,24-16-7-3-8-17-24)25-18-9-4-10-19-25/h2-19H,20H2,1H3/q+1. The third-order valence-electron chi connectivity index (χ3n) is 5.27. The fraction of sp³-hybridized carbons (Fsp3) is 0.0769. The molecule has 0 saturated heterocycles. The lowest BCUT2D eigenvalue weighted by Gasteiger charge is -2.28. The number of hydrogen-bond donors (Lipinski definition) is 0. The maximum Gasteiger partial charge on any atom is 0.132 e. The first-order valence-corrected chi connectivity index (χ1v) is 11.5. The van der Waals surface area contributed by atoms with Gasteiger partial charge in [0.15, 0.2) is 0 Å². The van der Waals surface area contributed by atoms with Gasteiger partial charge in [0.05, 0.1) is 0 Å². The van der Waals surface area contributed by atoms with Crippen molar-refractivity contribution in [1.82, 2.24) is 0 Å². The molecule has 0 aromatic heterocycles. The molecule has 0 unspecified atom stereocenters. The highest BCUT2D eigenvalue weighted by Gasteiger charge is 2.45. The Balaban J connectivity index is 2.02. The van der Waals surface area contributed by atoms with Crippen molar-refractivity contribution in [3.63, 3.8) is 0 Å². The number of halogens is 1. The van der Waals surface area contributed by atoms with E-state index in [1.807, 2.05) is 43.3 Å². The average molecular weight is 385 g/mol. The summed E-state index contributed by atoms with van der Waals surface area (Å²) in [6.45, 7) is 1.84. The highest BCUT2D eigenvalue weighted by atomic mass is 31.2. The Kier molecular flexibility index (Phi) is 5.37. The van der Waals surface area contributed by atoms with Gasteiger partial charge < -0.3 is 0 Å².